The fourth-order valence-corrected chi connectivity index (χ4v) is 1.46. The minimum absolute atomic E-state index is 0.346. The zero-order chi connectivity index (χ0) is 13.2. The van der Waals surface area contributed by atoms with Gasteiger partial charge in [0.1, 0.15) is 11.0 Å². The van der Waals surface area contributed by atoms with Crippen LogP contribution < -0.4 is 5.32 Å². The number of fused-ring (bicyclic) bond motifs is 1. The molecule has 4 N–H and O–H groups in total. The quantitative estimate of drug-likeness (QED) is 0.580. The smallest absolute Gasteiger partial charge is 0.251 e. The highest BCUT2D eigenvalue weighted by atomic mass is 16.3. The number of benzene rings is 1. The zero-order valence-electron chi connectivity index (χ0n) is 9.84. The predicted molar refractivity (Wildman–Crippen MR) is 63.9 cm³/mol. The van der Waals surface area contributed by atoms with E-state index in [4.69, 9.17) is 10.2 Å². The van der Waals surface area contributed by atoms with Crippen LogP contribution in [0.2, 0.25) is 0 Å². The summed E-state index contributed by atoms with van der Waals surface area (Å²) in [5, 5.41) is 31.0. The number of aromatic nitrogens is 3. The number of H-pyrrole nitrogens is 1. The first-order valence-corrected chi connectivity index (χ1v) is 5.43. The average molecular weight is 250 g/mol. The first kappa shape index (κ1) is 12.5. The van der Waals surface area contributed by atoms with Gasteiger partial charge in [0.15, 0.2) is 0 Å². The van der Waals surface area contributed by atoms with Crippen LogP contribution in [0, 0.1) is 0 Å². The molecule has 2 aromatic rings. The monoisotopic (exact) mass is 250 g/mol. The van der Waals surface area contributed by atoms with Crippen molar-refractivity contribution in [2.75, 3.05) is 13.2 Å². The lowest BCUT2D eigenvalue weighted by atomic mass is 10.0. The highest BCUT2D eigenvalue weighted by molar-refractivity contribution is 5.97. The molecule has 0 unspecified atom stereocenters. The van der Waals surface area contributed by atoms with Gasteiger partial charge in [0.25, 0.3) is 5.91 Å². The molecular weight excluding hydrogens is 236 g/mol. The summed E-state index contributed by atoms with van der Waals surface area (Å²) in [5.41, 5.74) is 0.594. The Balaban J connectivity index is 2.22. The summed E-state index contributed by atoms with van der Waals surface area (Å²) in [5.74, 6) is -0.384. The number of carbonyl (C=O) groups excluding carboxylic acids is 1. The number of nitrogens with zero attached hydrogens (tertiary/aromatic N) is 2. The van der Waals surface area contributed by atoms with E-state index in [1.54, 1.807) is 25.1 Å². The van der Waals surface area contributed by atoms with E-state index in [1.807, 2.05) is 0 Å². The number of aliphatic hydroxyl groups excluding tert-OH is 2. The first-order valence-electron chi connectivity index (χ1n) is 5.43. The first-order chi connectivity index (χ1) is 8.58. The number of aromatic amines is 1. The van der Waals surface area contributed by atoms with E-state index in [2.05, 4.69) is 20.7 Å². The molecule has 0 saturated heterocycles. The van der Waals surface area contributed by atoms with E-state index in [1.165, 1.54) is 0 Å². The van der Waals surface area contributed by atoms with E-state index in [-0.39, 0.29) is 19.1 Å². The molecule has 0 fully saturated rings. The van der Waals surface area contributed by atoms with E-state index >= 15 is 0 Å². The SMILES string of the molecule is CC(CO)(CO)NC(=O)c1ccc2n[nH]nc2c1. The van der Waals surface area contributed by atoms with Crippen molar-refractivity contribution in [2.45, 2.75) is 12.5 Å². The molecule has 1 aromatic carbocycles. The van der Waals surface area contributed by atoms with Crippen LogP contribution in [0.5, 0.6) is 0 Å². The topological polar surface area (TPSA) is 111 Å². The maximum atomic E-state index is 12.0. The molecular formula is C11H14N4O3. The Morgan fingerprint density at radius 1 is 1.33 bits per heavy atom. The number of rotatable bonds is 4. The van der Waals surface area contributed by atoms with Crippen molar-refractivity contribution in [3.05, 3.63) is 23.8 Å². The molecule has 0 aliphatic carbocycles. The maximum absolute atomic E-state index is 12.0. The predicted octanol–water partition coefficient (Wildman–Crippen LogP) is -0.569. The highest BCUT2D eigenvalue weighted by Gasteiger charge is 2.25. The van der Waals surface area contributed by atoms with Gasteiger partial charge in [-0.1, -0.05) is 0 Å². The number of hydrogen-bond donors (Lipinski definition) is 4. The minimum atomic E-state index is -1.05. The van der Waals surface area contributed by atoms with Gasteiger partial charge in [-0.05, 0) is 25.1 Å². The molecule has 0 bridgehead atoms. The summed E-state index contributed by atoms with van der Waals surface area (Å²) >= 11 is 0. The summed E-state index contributed by atoms with van der Waals surface area (Å²) < 4.78 is 0. The number of amides is 1. The molecule has 7 heteroatoms. The van der Waals surface area contributed by atoms with E-state index in [9.17, 15) is 4.79 Å². The lowest BCUT2D eigenvalue weighted by Crippen LogP contribution is -2.51. The zero-order valence-corrected chi connectivity index (χ0v) is 9.84. The van der Waals surface area contributed by atoms with Gasteiger partial charge >= 0.3 is 0 Å². The molecule has 0 spiro atoms. The fraction of sp³-hybridized carbons (Fsp3) is 0.364. The van der Waals surface area contributed by atoms with Gasteiger partial charge in [0.05, 0.1) is 18.8 Å². The highest BCUT2D eigenvalue weighted by Crippen LogP contribution is 2.12. The van der Waals surface area contributed by atoms with Crippen LogP contribution in [0.4, 0.5) is 0 Å². The Bertz CT molecular complexity index is 562. The molecule has 0 aliphatic heterocycles. The van der Waals surface area contributed by atoms with Crippen LogP contribution in [0.3, 0.4) is 0 Å². The normalized spacial score (nSPS) is 11.7. The van der Waals surface area contributed by atoms with Crippen LogP contribution in [0.1, 0.15) is 17.3 Å². The summed E-state index contributed by atoms with van der Waals surface area (Å²) in [7, 11) is 0. The Labute approximate surface area is 103 Å². The van der Waals surface area contributed by atoms with Crippen molar-refractivity contribution in [1.82, 2.24) is 20.7 Å². The lowest BCUT2D eigenvalue weighted by Gasteiger charge is -2.26. The van der Waals surface area contributed by atoms with Crippen LogP contribution in [-0.2, 0) is 0 Å². The third-order valence-corrected chi connectivity index (χ3v) is 2.69. The standard InChI is InChI=1S/C11H14N4O3/c1-11(5-16,6-17)12-10(18)7-2-3-8-9(4-7)14-15-13-8/h2-4,16-17H,5-6H2,1H3,(H,12,18)(H,13,14,15). The third kappa shape index (κ3) is 2.31. The number of hydrogen-bond acceptors (Lipinski definition) is 5. The summed E-state index contributed by atoms with van der Waals surface area (Å²) in [4.78, 5) is 12.0. The molecule has 1 amide bonds. The van der Waals surface area contributed by atoms with E-state index < -0.39 is 5.54 Å². The molecule has 96 valence electrons. The van der Waals surface area contributed by atoms with Gasteiger partial charge in [0.2, 0.25) is 0 Å². The second-order valence-corrected chi connectivity index (χ2v) is 4.36. The average Bonchev–Trinajstić information content (AvgIpc) is 2.85. The van der Waals surface area contributed by atoms with Crippen molar-refractivity contribution in [1.29, 1.82) is 0 Å². The molecule has 2 rings (SSSR count). The Morgan fingerprint density at radius 3 is 2.67 bits per heavy atom. The van der Waals surface area contributed by atoms with Crippen LogP contribution in [0.25, 0.3) is 11.0 Å². The number of carbonyl (C=O) groups is 1. The van der Waals surface area contributed by atoms with Crippen molar-refractivity contribution >= 4 is 16.9 Å². The van der Waals surface area contributed by atoms with Crippen molar-refractivity contribution in [2.24, 2.45) is 0 Å². The minimum Gasteiger partial charge on any atom is -0.394 e. The summed E-state index contributed by atoms with van der Waals surface area (Å²) in [6, 6.07) is 4.86. The van der Waals surface area contributed by atoms with Crippen molar-refractivity contribution in [3.63, 3.8) is 0 Å². The molecule has 18 heavy (non-hydrogen) atoms. The maximum Gasteiger partial charge on any atom is 0.251 e. The van der Waals surface area contributed by atoms with Gasteiger partial charge in [-0.15, -0.1) is 0 Å². The molecule has 1 aromatic heterocycles. The fourth-order valence-electron chi connectivity index (χ4n) is 1.46. The van der Waals surface area contributed by atoms with Gasteiger partial charge in [-0.2, -0.15) is 15.4 Å². The lowest BCUT2D eigenvalue weighted by molar-refractivity contribution is 0.0724. The molecule has 7 nitrogen and oxygen atoms in total. The van der Waals surface area contributed by atoms with Gasteiger partial charge < -0.3 is 15.5 Å². The van der Waals surface area contributed by atoms with Gasteiger partial charge in [0, 0.05) is 5.56 Å². The Hall–Kier alpha value is -1.99. The van der Waals surface area contributed by atoms with Crippen LogP contribution >= 0.6 is 0 Å². The van der Waals surface area contributed by atoms with Gasteiger partial charge in [-0.3, -0.25) is 4.79 Å². The summed E-state index contributed by atoms with van der Waals surface area (Å²) in [6.45, 7) is 0.864. The second-order valence-electron chi connectivity index (χ2n) is 4.36. The number of nitrogens with one attached hydrogen (secondary N) is 2. The molecule has 0 radical (unpaired) electrons. The van der Waals surface area contributed by atoms with Crippen LogP contribution in [-0.4, -0.2) is 50.3 Å². The van der Waals surface area contributed by atoms with Crippen molar-refractivity contribution in [3.8, 4) is 0 Å². The molecule has 0 saturated carbocycles. The largest absolute Gasteiger partial charge is 0.394 e. The second kappa shape index (κ2) is 4.71. The number of aliphatic hydroxyl groups is 2. The van der Waals surface area contributed by atoms with Gasteiger partial charge in [-0.25, -0.2) is 0 Å². The van der Waals surface area contributed by atoms with Crippen molar-refractivity contribution < 1.29 is 15.0 Å². The summed E-state index contributed by atoms with van der Waals surface area (Å²) in [6.07, 6.45) is 0. The molecule has 0 aliphatic rings. The Kier molecular flexibility index (Phi) is 3.26. The van der Waals surface area contributed by atoms with Crippen LogP contribution in [0.15, 0.2) is 18.2 Å². The van der Waals surface area contributed by atoms with E-state index in [0.717, 1.165) is 0 Å². The third-order valence-electron chi connectivity index (χ3n) is 2.69. The molecule has 1 heterocycles. The Morgan fingerprint density at radius 2 is 2.00 bits per heavy atom. The molecule has 0 atom stereocenters. The van der Waals surface area contributed by atoms with E-state index in [0.29, 0.717) is 16.6 Å².